The summed E-state index contributed by atoms with van der Waals surface area (Å²) in [4.78, 5) is 0. The van der Waals surface area contributed by atoms with Crippen LogP contribution >= 0.6 is 0 Å². The van der Waals surface area contributed by atoms with E-state index in [1.807, 2.05) is 12.4 Å². The Morgan fingerprint density at radius 2 is 2.22 bits per heavy atom. The van der Waals surface area contributed by atoms with E-state index >= 15 is 0 Å². The number of piperidine rings is 1. The Hall–Kier alpha value is -0.870. The number of aromatic nitrogens is 2. The molecule has 0 radical (unpaired) electrons. The van der Waals surface area contributed by atoms with Gasteiger partial charge in [0.05, 0.1) is 6.20 Å². The van der Waals surface area contributed by atoms with Crippen LogP contribution in [-0.4, -0.2) is 28.8 Å². The van der Waals surface area contributed by atoms with Crippen LogP contribution in [0.4, 0.5) is 0 Å². The van der Waals surface area contributed by atoms with Gasteiger partial charge in [-0.2, -0.15) is 5.10 Å². The monoisotopic (exact) mass is 248 g/mol. The maximum absolute atomic E-state index is 4.00. The number of aromatic amines is 1. The van der Waals surface area contributed by atoms with Crippen LogP contribution in [0.2, 0.25) is 0 Å². The lowest BCUT2D eigenvalue weighted by atomic mass is 9.88. The van der Waals surface area contributed by atoms with Crippen LogP contribution in [0.1, 0.15) is 44.1 Å². The van der Waals surface area contributed by atoms with Crippen molar-refractivity contribution in [2.75, 3.05) is 6.54 Å². The van der Waals surface area contributed by atoms with Gasteiger partial charge in [0.1, 0.15) is 0 Å². The largest absolute Gasteiger partial charge is 0.314 e. The number of H-pyrrole nitrogens is 1. The molecule has 4 nitrogen and oxygen atoms in total. The summed E-state index contributed by atoms with van der Waals surface area (Å²) in [5.41, 5.74) is 1.26. The van der Waals surface area contributed by atoms with Gasteiger partial charge in [0, 0.05) is 30.4 Å². The van der Waals surface area contributed by atoms with Gasteiger partial charge in [-0.15, -0.1) is 0 Å². The Balaban J connectivity index is 1.53. The molecule has 3 atom stereocenters. The number of hydrogen-bond acceptors (Lipinski definition) is 3. The predicted octanol–water partition coefficient (Wildman–Crippen LogP) is 1.81. The van der Waals surface area contributed by atoms with Crippen molar-refractivity contribution >= 4 is 0 Å². The van der Waals surface area contributed by atoms with E-state index in [0.29, 0.717) is 6.04 Å². The van der Waals surface area contributed by atoms with Crippen molar-refractivity contribution in [2.24, 2.45) is 5.92 Å². The third-order valence-corrected chi connectivity index (χ3v) is 4.56. The minimum absolute atomic E-state index is 0.690. The van der Waals surface area contributed by atoms with Crippen molar-refractivity contribution in [3.63, 3.8) is 0 Å². The van der Waals surface area contributed by atoms with E-state index in [9.17, 15) is 0 Å². The third-order valence-electron chi connectivity index (χ3n) is 4.56. The molecule has 1 aromatic rings. The first-order chi connectivity index (χ1) is 8.93. The SMILES string of the molecule is c1n[nH]cc1CNC1CCCC1C1CCCCN1. The molecule has 3 N–H and O–H groups in total. The van der Waals surface area contributed by atoms with Crippen LogP contribution in [0.25, 0.3) is 0 Å². The van der Waals surface area contributed by atoms with E-state index in [0.717, 1.165) is 18.5 Å². The molecule has 0 aromatic carbocycles. The minimum atomic E-state index is 0.690. The molecule has 1 saturated heterocycles. The zero-order chi connectivity index (χ0) is 12.2. The van der Waals surface area contributed by atoms with Crippen LogP contribution in [0, 0.1) is 5.92 Å². The maximum atomic E-state index is 4.00. The normalized spacial score (nSPS) is 32.8. The molecule has 1 aliphatic heterocycles. The second-order valence-corrected chi connectivity index (χ2v) is 5.75. The predicted molar refractivity (Wildman–Crippen MR) is 72.2 cm³/mol. The molecule has 3 unspecified atom stereocenters. The zero-order valence-electron chi connectivity index (χ0n) is 11.0. The first kappa shape index (κ1) is 12.2. The Morgan fingerprint density at radius 3 is 3.00 bits per heavy atom. The maximum Gasteiger partial charge on any atom is 0.0532 e. The Kier molecular flexibility index (Phi) is 3.96. The molecule has 0 amide bonds. The molecule has 100 valence electrons. The third kappa shape index (κ3) is 2.75. The smallest absolute Gasteiger partial charge is 0.0532 e. The molecule has 1 saturated carbocycles. The summed E-state index contributed by atoms with van der Waals surface area (Å²) in [6.07, 6.45) is 12.1. The van der Waals surface area contributed by atoms with Crippen LogP contribution in [-0.2, 0) is 6.54 Å². The van der Waals surface area contributed by atoms with Crippen molar-refractivity contribution in [1.82, 2.24) is 20.8 Å². The van der Waals surface area contributed by atoms with Gasteiger partial charge in [-0.05, 0) is 38.1 Å². The molecular formula is C14H24N4. The minimum Gasteiger partial charge on any atom is -0.314 e. The van der Waals surface area contributed by atoms with Gasteiger partial charge in [-0.3, -0.25) is 5.10 Å². The summed E-state index contributed by atoms with van der Waals surface area (Å²) in [5, 5.41) is 14.3. The van der Waals surface area contributed by atoms with Gasteiger partial charge in [-0.25, -0.2) is 0 Å². The molecule has 0 spiro atoms. The van der Waals surface area contributed by atoms with Gasteiger partial charge in [-0.1, -0.05) is 12.8 Å². The van der Waals surface area contributed by atoms with Crippen LogP contribution in [0.5, 0.6) is 0 Å². The molecule has 1 aliphatic carbocycles. The van der Waals surface area contributed by atoms with Crippen molar-refractivity contribution in [2.45, 2.75) is 57.2 Å². The molecule has 3 rings (SSSR count). The topological polar surface area (TPSA) is 52.7 Å². The highest BCUT2D eigenvalue weighted by Gasteiger charge is 2.33. The summed E-state index contributed by atoms with van der Waals surface area (Å²) in [6.45, 7) is 2.17. The lowest BCUT2D eigenvalue weighted by Crippen LogP contribution is -2.46. The van der Waals surface area contributed by atoms with E-state index in [1.54, 1.807) is 0 Å². The van der Waals surface area contributed by atoms with Gasteiger partial charge in [0.15, 0.2) is 0 Å². The molecule has 1 aromatic heterocycles. The van der Waals surface area contributed by atoms with Crippen LogP contribution in [0.3, 0.4) is 0 Å². The second kappa shape index (κ2) is 5.85. The molecular weight excluding hydrogens is 224 g/mol. The molecule has 18 heavy (non-hydrogen) atoms. The van der Waals surface area contributed by atoms with E-state index in [4.69, 9.17) is 0 Å². The highest BCUT2D eigenvalue weighted by molar-refractivity contribution is 5.03. The summed E-state index contributed by atoms with van der Waals surface area (Å²) in [6, 6.07) is 1.44. The average Bonchev–Trinajstić information content (AvgIpc) is 3.09. The number of hydrogen-bond donors (Lipinski definition) is 3. The highest BCUT2D eigenvalue weighted by Crippen LogP contribution is 2.31. The Morgan fingerprint density at radius 1 is 1.22 bits per heavy atom. The van der Waals surface area contributed by atoms with E-state index < -0.39 is 0 Å². The summed E-state index contributed by atoms with van der Waals surface area (Å²) >= 11 is 0. The van der Waals surface area contributed by atoms with Gasteiger partial charge in [0.2, 0.25) is 0 Å². The molecule has 2 heterocycles. The fourth-order valence-corrected chi connectivity index (χ4v) is 3.59. The lowest BCUT2D eigenvalue weighted by molar-refractivity contribution is 0.257. The average molecular weight is 248 g/mol. The van der Waals surface area contributed by atoms with Crippen molar-refractivity contribution in [3.05, 3.63) is 18.0 Å². The number of rotatable bonds is 4. The fourth-order valence-electron chi connectivity index (χ4n) is 3.59. The highest BCUT2D eigenvalue weighted by atomic mass is 15.1. The first-order valence-corrected chi connectivity index (χ1v) is 7.38. The van der Waals surface area contributed by atoms with Gasteiger partial charge in [0.25, 0.3) is 0 Å². The number of nitrogens with zero attached hydrogens (tertiary/aromatic N) is 1. The summed E-state index contributed by atoms with van der Waals surface area (Å²) < 4.78 is 0. The quantitative estimate of drug-likeness (QED) is 0.761. The van der Waals surface area contributed by atoms with Gasteiger partial charge < -0.3 is 10.6 Å². The lowest BCUT2D eigenvalue weighted by Gasteiger charge is -2.33. The molecule has 2 aliphatic rings. The fraction of sp³-hybridized carbons (Fsp3) is 0.786. The molecule has 4 heteroatoms. The van der Waals surface area contributed by atoms with Crippen LogP contribution in [0.15, 0.2) is 12.4 Å². The number of nitrogens with one attached hydrogen (secondary N) is 3. The first-order valence-electron chi connectivity index (χ1n) is 7.38. The summed E-state index contributed by atoms with van der Waals surface area (Å²) in [7, 11) is 0. The Bertz CT molecular complexity index is 343. The van der Waals surface area contributed by atoms with E-state index in [-0.39, 0.29) is 0 Å². The van der Waals surface area contributed by atoms with E-state index in [1.165, 1.54) is 50.6 Å². The van der Waals surface area contributed by atoms with Crippen molar-refractivity contribution in [1.29, 1.82) is 0 Å². The second-order valence-electron chi connectivity index (χ2n) is 5.75. The zero-order valence-corrected chi connectivity index (χ0v) is 11.0. The van der Waals surface area contributed by atoms with E-state index in [2.05, 4.69) is 20.8 Å². The van der Waals surface area contributed by atoms with Crippen molar-refractivity contribution in [3.8, 4) is 0 Å². The Labute approximate surface area is 109 Å². The van der Waals surface area contributed by atoms with Gasteiger partial charge >= 0.3 is 0 Å². The molecule has 0 bridgehead atoms. The standard InChI is InChI=1S/C14H24N4/c1-2-7-15-13(5-1)12-4-3-6-14(12)16-8-11-9-17-18-10-11/h9-10,12-16H,1-8H2,(H,17,18). The molecule has 2 fully saturated rings. The van der Waals surface area contributed by atoms with Crippen LogP contribution < -0.4 is 10.6 Å². The van der Waals surface area contributed by atoms with Crippen molar-refractivity contribution < 1.29 is 0 Å². The summed E-state index contributed by atoms with van der Waals surface area (Å²) in [5.74, 6) is 0.831.